The third kappa shape index (κ3) is 8.85. The summed E-state index contributed by atoms with van der Waals surface area (Å²) in [5.41, 5.74) is -1.23. The molecule has 0 aliphatic heterocycles. The molecule has 0 spiro atoms. The highest BCUT2D eigenvalue weighted by molar-refractivity contribution is 6.17. The summed E-state index contributed by atoms with van der Waals surface area (Å²) in [6.07, 6.45) is 5.56. The van der Waals surface area contributed by atoms with Gasteiger partial charge in [0, 0.05) is 18.7 Å². The van der Waals surface area contributed by atoms with Gasteiger partial charge in [0.05, 0.1) is 12.2 Å². The van der Waals surface area contributed by atoms with E-state index in [0.29, 0.717) is 5.88 Å². The zero-order valence-electron chi connectivity index (χ0n) is 16.4. The Labute approximate surface area is 176 Å². The Morgan fingerprint density at radius 1 is 0.633 bits per heavy atom. The van der Waals surface area contributed by atoms with Gasteiger partial charge in [-0.05, 0) is 19.3 Å². The summed E-state index contributed by atoms with van der Waals surface area (Å²) in [5, 5.41) is 0. The van der Waals surface area contributed by atoms with E-state index in [1.54, 1.807) is 0 Å². The fourth-order valence-electron chi connectivity index (χ4n) is 2.54. The number of halogens is 6. The van der Waals surface area contributed by atoms with Crippen molar-refractivity contribution >= 4 is 23.5 Å². The first-order valence-corrected chi connectivity index (χ1v) is 10.2. The van der Waals surface area contributed by atoms with Gasteiger partial charge in [0.25, 0.3) is 0 Å². The molecule has 10 heteroatoms. The van der Waals surface area contributed by atoms with E-state index in [1.807, 2.05) is 0 Å². The smallest absolute Gasteiger partial charge is 0.306 e. The van der Waals surface area contributed by atoms with Gasteiger partial charge in [0.1, 0.15) is 6.61 Å². The van der Waals surface area contributed by atoms with E-state index in [1.165, 1.54) is 0 Å². The molecule has 1 rings (SSSR count). The molecule has 0 saturated carbocycles. The second-order valence-corrected chi connectivity index (χ2v) is 6.97. The standard InChI is InChI=1S/C20H24ClF5O4/c21-10-5-3-1-2-4-6-11-29-14(27)8-7-9-15(28)30-12-13-16(22)18(24)20(26)19(25)17(13)23/h1-12H2. The first-order chi connectivity index (χ1) is 14.3. The van der Waals surface area contributed by atoms with Gasteiger partial charge < -0.3 is 9.47 Å². The number of hydrogen-bond acceptors (Lipinski definition) is 4. The lowest BCUT2D eigenvalue weighted by molar-refractivity contribution is -0.146. The Bertz CT molecular complexity index is 686. The minimum Gasteiger partial charge on any atom is -0.466 e. The molecule has 0 N–H and O–H groups in total. The molecule has 0 unspecified atom stereocenters. The fourth-order valence-corrected chi connectivity index (χ4v) is 2.73. The molecule has 0 heterocycles. The molecule has 0 fully saturated rings. The van der Waals surface area contributed by atoms with Crippen molar-refractivity contribution in [2.24, 2.45) is 0 Å². The highest BCUT2D eigenvalue weighted by atomic mass is 35.5. The van der Waals surface area contributed by atoms with Crippen LogP contribution in [0.5, 0.6) is 0 Å². The average Bonchev–Trinajstić information content (AvgIpc) is 2.72. The average molecular weight is 459 g/mol. The van der Waals surface area contributed by atoms with Gasteiger partial charge >= 0.3 is 11.9 Å². The van der Waals surface area contributed by atoms with E-state index >= 15 is 0 Å². The minimum atomic E-state index is -2.29. The third-order valence-electron chi connectivity index (χ3n) is 4.23. The maximum absolute atomic E-state index is 13.5. The summed E-state index contributed by atoms with van der Waals surface area (Å²) in [4.78, 5) is 23.1. The minimum absolute atomic E-state index is 0.0622. The van der Waals surface area contributed by atoms with Crippen molar-refractivity contribution in [3.63, 3.8) is 0 Å². The van der Waals surface area contributed by atoms with Gasteiger partial charge in [-0.3, -0.25) is 9.59 Å². The monoisotopic (exact) mass is 458 g/mol. The van der Waals surface area contributed by atoms with Crippen LogP contribution in [0.15, 0.2) is 0 Å². The fraction of sp³-hybridized carbons (Fsp3) is 0.600. The lowest BCUT2D eigenvalue weighted by Gasteiger charge is -2.09. The van der Waals surface area contributed by atoms with Crippen LogP contribution in [0.3, 0.4) is 0 Å². The molecule has 0 radical (unpaired) electrons. The maximum Gasteiger partial charge on any atom is 0.306 e. The molecule has 1 aromatic carbocycles. The van der Waals surface area contributed by atoms with Gasteiger partial charge in [-0.15, -0.1) is 11.6 Å². The normalized spacial score (nSPS) is 10.9. The number of esters is 2. The summed E-state index contributed by atoms with van der Waals surface area (Å²) in [5.74, 6) is -11.4. The van der Waals surface area contributed by atoms with Gasteiger partial charge in [0.15, 0.2) is 23.3 Å². The van der Waals surface area contributed by atoms with Gasteiger partial charge in [-0.1, -0.05) is 25.7 Å². The molecular weight excluding hydrogens is 435 g/mol. The summed E-state index contributed by atoms with van der Waals surface area (Å²) in [7, 11) is 0. The SMILES string of the molecule is O=C(CCCC(=O)OCc1c(F)c(F)c(F)c(F)c1F)OCCCCCCCCCl. The molecule has 4 nitrogen and oxygen atoms in total. The number of alkyl halides is 1. The summed E-state index contributed by atoms with van der Waals surface area (Å²) in [6, 6.07) is 0. The van der Waals surface area contributed by atoms with E-state index in [9.17, 15) is 31.5 Å². The van der Waals surface area contributed by atoms with Crippen LogP contribution in [-0.2, 0) is 25.7 Å². The number of benzene rings is 1. The number of carbonyl (C=O) groups excluding carboxylic acids is 2. The molecule has 0 atom stereocenters. The molecule has 170 valence electrons. The van der Waals surface area contributed by atoms with Crippen molar-refractivity contribution < 1.29 is 41.0 Å². The molecule has 1 aromatic rings. The highest BCUT2D eigenvalue weighted by Gasteiger charge is 2.26. The van der Waals surface area contributed by atoms with Crippen molar-refractivity contribution in [2.45, 2.75) is 64.4 Å². The van der Waals surface area contributed by atoms with Crippen molar-refractivity contribution in [3.05, 3.63) is 34.6 Å². The highest BCUT2D eigenvalue weighted by Crippen LogP contribution is 2.23. The van der Waals surface area contributed by atoms with E-state index in [4.69, 9.17) is 16.3 Å². The lowest BCUT2D eigenvalue weighted by Crippen LogP contribution is -2.12. The Morgan fingerprint density at radius 2 is 1.10 bits per heavy atom. The van der Waals surface area contributed by atoms with Crippen LogP contribution in [0.1, 0.15) is 63.4 Å². The zero-order valence-corrected chi connectivity index (χ0v) is 17.1. The van der Waals surface area contributed by atoms with Crippen molar-refractivity contribution in [3.8, 4) is 0 Å². The Kier molecular flexibility index (Phi) is 12.3. The van der Waals surface area contributed by atoms with Crippen LogP contribution < -0.4 is 0 Å². The molecule has 0 aliphatic carbocycles. The lowest BCUT2D eigenvalue weighted by atomic mass is 10.1. The summed E-state index contributed by atoms with van der Waals surface area (Å²) >= 11 is 5.58. The Morgan fingerprint density at radius 3 is 1.67 bits per heavy atom. The van der Waals surface area contributed by atoms with E-state index < -0.39 is 53.2 Å². The van der Waals surface area contributed by atoms with Crippen LogP contribution in [0.4, 0.5) is 22.0 Å². The predicted octanol–water partition coefficient (Wildman–Crippen LogP) is 5.72. The van der Waals surface area contributed by atoms with E-state index in [0.717, 1.165) is 38.5 Å². The number of hydrogen-bond donors (Lipinski definition) is 0. The molecule has 0 bridgehead atoms. The number of rotatable bonds is 14. The first-order valence-electron chi connectivity index (χ1n) is 9.67. The van der Waals surface area contributed by atoms with Gasteiger partial charge in [-0.25, -0.2) is 22.0 Å². The predicted molar refractivity (Wildman–Crippen MR) is 99.3 cm³/mol. The van der Waals surface area contributed by atoms with Crippen LogP contribution in [0.2, 0.25) is 0 Å². The van der Waals surface area contributed by atoms with Crippen LogP contribution in [-0.4, -0.2) is 24.4 Å². The Balaban J connectivity index is 2.22. The molecule has 30 heavy (non-hydrogen) atoms. The number of carbonyl (C=O) groups is 2. The summed E-state index contributed by atoms with van der Waals surface area (Å²) < 4.78 is 75.6. The number of ether oxygens (including phenoxy) is 2. The summed E-state index contributed by atoms with van der Waals surface area (Å²) in [6.45, 7) is -0.834. The Hall–Kier alpha value is -1.90. The van der Waals surface area contributed by atoms with Gasteiger partial charge in [0.2, 0.25) is 5.82 Å². The molecule has 0 aliphatic rings. The van der Waals surface area contributed by atoms with Crippen LogP contribution in [0.25, 0.3) is 0 Å². The van der Waals surface area contributed by atoms with Crippen molar-refractivity contribution in [2.75, 3.05) is 12.5 Å². The first kappa shape index (κ1) is 26.1. The largest absolute Gasteiger partial charge is 0.466 e. The van der Waals surface area contributed by atoms with Gasteiger partial charge in [-0.2, -0.15) is 0 Å². The van der Waals surface area contributed by atoms with E-state index in [2.05, 4.69) is 4.74 Å². The van der Waals surface area contributed by atoms with Crippen LogP contribution in [0, 0.1) is 29.1 Å². The zero-order chi connectivity index (χ0) is 22.5. The topological polar surface area (TPSA) is 52.6 Å². The number of unbranched alkanes of at least 4 members (excludes halogenated alkanes) is 5. The second-order valence-electron chi connectivity index (χ2n) is 6.59. The quantitative estimate of drug-likeness (QED) is 0.0893. The van der Waals surface area contributed by atoms with Crippen molar-refractivity contribution in [1.82, 2.24) is 0 Å². The molecule has 0 saturated heterocycles. The van der Waals surface area contributed by atoms with Crippen molar-refractivity contribution in [1.29, 1.82) is 0 Å². The molecule has 0 amide bonds. The molecular formula is C20H24ClF5O4. The van der Waals surface area contributed by atoms with E-state index in [-0.39, 0.29) is 25.9 Å². The molecule has 0 aromatic heterocycles. The third-order valence-corrected chi connectivity index (χ3v) is 4.50. The second kappa shape index (κ2) is 14.2. The van der Waals surface area contributed by atoms with Crippen LogP contribution >= 0.6 is 11.6 Å². The maximum atomic E-state index is 13.5.